The second-order valence-electron chi connectivity index (χ2n) is 4.39. The van der Waals surface area contributed by atoms with Gasteiger partial charge in [0.1, 0.15) is 6.04 Å². The van der Waals surface area contributed by atoms with Crippen molar-refractivity contribution in [2.75, 3.05) is 6.54 Å². The third-order valence-corrected chi connectivity index (χ3v) is 2.80. The van der Waals surface area contributed by atoms with E-state index in [1.807, 2.05) is 30.3 Å². The van der Waals surface area contributed by atoms with Crippen molar-refractivity contribution in [1.29, 1.82) is 0 Å². The Labute approximate surface area is 118 Å². The Hall–Kier alpha value is -2.30. The lowest BCUT2D eigenvalue weighted by Crippen LogP contribution is -2.46. The molecule has 0 heterocycles. The van der Waals surface area contributed by atoms with Gasteiger partial charge in [0.05, 0.1) is 0 Å². The van der Waals surface area contributed by atoms with E-state index < -0.39 is 18.0 Å². The fourth-order valence-electron chi connectivity index (χ4n) is 1.71. The first kappa shape index (κ1) is 15.8. The van der Waals surface area contributed by atoms with Crippen LogP contribution in [-0.2, 0) is 11.2 Å². The van der Waals surface area contributed by atoms with E-state index >= 15 is 0 Å². The molecular weight excluding hydrogens is 256 g/mol. The van der Waals surface area contributed by atoms with Crippen LogP contribution in [0.1, 0.15) is 18.4 Å². The Morgan fingerprint density at radius 1 is 1.30 bits per heavy atom. The van der Waals surface area contributed by atoms with E-state index in [1.54, 1.807) is 6.08 Å². The topological polar surface area (TPSA) is 78.4 Å². The van der Waals surface area contributed by atoms with Crippen molar-refractivity contribution >= 4 is 12.0 Å². The number of hydrogen-bond acceptors (Lipinski definition) is 2. The molecule has 20 heavy (non-hydrogen) atoms. The molecule has 5 nitrogen and oxygen atoms in total. The zero-order valence-corrected chi connectivity index (χ0v) is 11.3. The van der Waals surface area contributed by atoms with Crippen molar-refractivity contribution in [1.82, 2.24) is 10.6 Å². The third-order valence-electron chi connectivity index (χ3n) is 2.80. The van der Waals surface area contributed by atoms with Crippen molar-refractivity contribution < 1.29 is 14.7 Å². The molecule has 0 radical (unpaired) electrons. The Bertz CT molecular complexity index is 446. The minimum atomic E-state index is -1.03. The number of aryl methyl sites for hydroxylation is 1. The minimum Gasteiger partial charge on any atom is -0.480 e. The summed E-state index contributed by atoms with van der Waals surface area (Å²) in [6.45, 7) is 3.99. The van der Waals surface area contributed by atoms with E-state index in [0.29, 0.717) is 25.8 Å². The van der Waals surface area contributed by atoms with Crippen LogP contribution in [0.4, 0.5) is 4.79 Å². The highest BCUT2D eigenvalue weighted by Gasteiger charge is 2.19. The molecule has 0 aliphatic carbocycles. The first-order valence-corrected chi connectivity index (χ1v) is 6.55. The summed E-state index contributed by atoms with van der Waals surface area (Å²) in [5.74, 6) is -1.03. The van der Waals surface area contributed by atoms with Gasteiger partial charge in [0, 0.05) is 6.54 Å². The summed E-state index contributed by atoms with van der Waals surface area (Å²) in [6, 6.07) is 8.22. The van der Waals surface area contributed by atoms with Crippen molar-refractivity contribution in [2.45, 2.75) is 25.3 Å². The number of carbonyl (C=O) groups is 2. The van der Waals surface area contributed by atoms with Gasteiger partial charge in [-0.1, -0.05) is 36.4 Å². The third kappa shape index (κ3) is 6.04. The van der Waals surface area contributed by atoms with Crippen LogP contribution in [0.25, 0.3) is 0 Å². The highest BCUT2D eigenvalue weighted by molar-refractivity contribution is 5.82. The molecule has 108 valence electrons. The van der Waals surface area contributed by atoms with Crippen LogP contribution in [0.2, 0.25) is 0 Å². The number of aliphatic carboxylic acids is 1. The maximum Gasteiger partial charge on any atom is 0.326 e. The summed E-state index contributed by atoms with van der Waals surface area (Å²) in [6.07, 6.45) is 3.29. The molecule has 0 aromatic heterocycles. The predicted octanol–water partition coefficient (Wildman–Crippen LogP) is 1.95. The van der Waals surface area contributed by atoms with Crippen molar-refractivity contribution in [3.63, 3.8) is 0 Å². The quantitative estimate of drug-likeness (QED) is 0.501. The normalized spacial score (nSPS) is 11.4. The van der Waals surface area contributed by atoms with Gasteiger partial charge >= 0.3 is 12.0 Å². The fraction of sp³-hybridized carbons (Fsp3) is 0.333. The van der Waals surface area contributed by atoms with E-state index in [-0.39, 0.29) is 0 Å². The van der Waals surface area contributed by atoms with E-state index in [0.717, 1.165) is 5.56 Å². The zero-order chi connectivity index (χ0) is 14.8. The first-order chi connectivity index (χ1) is 9.63. The largest absolute Gasteiger partial charge is 0.480 e. The second-order valence-corrected chi connectivity index (χ2v) is 4.39. The molecule has 0 aliphatic heterocycles. The Kier molecular flexibility index (Phi) is 6.89. The maximum absolute atomic E-state index is 11.5. The number of hydrogen-bond donors (Lipinski definition) is 3. The van der Waals surface area contributed by atoms with Crippen LogP contribution in [0.15, 0.2) is 43.0 Å². The molecule has 0 aliphatic rings. The van der Waals surface area contributed by atoms with Gasteiger partial charge in [0.2, 0.25) is 0 Å². The average Bonchev–Trinajstić information content (AvgIpc) is 2.44. The standard InChI is InChI=1S/C15H20N2O3/c1-2-3-11-16-15(20)17-13(14(18)19)10-9-12-7-5-4-6-8-12/h2,4-8,13H,1,3,9-11H2,(H,18,19)(H2,16,17,20). The number of carboxylic acids is 1. The van der Waals surface area contributed by atoms with Gasteiger partial charge in [0.25, 0.3) is 0 Å². The van der Waals surface area contributed by atoms with Crippen LogP contribution in [0.3, 0.4) is 0 Å². The highest BCUT2D eigenvalue weighted by Crippen LogP contribution is 2.05. The number of rotatable bonds is 8. The second kappa shape index (κ2) is 8.74. The van der Waals surface area contributed by atoms with Crippen LogP contribution in [0, 0.1) is 0 Å². The summed E-state index contributed by atoms with van der Waals surface area (Å²) in [4.78, 5) is 22.7. The molecule has 1 atom stereocenters. The predicted molar refractivity (Wildman–Crippen MR) is 77.5 cm³/mol. The van der Waals surface area contributed by atoms with E-state index in [1.165, 1.54) is 0 Å². The van der Waals surface area contributed by atoms with Crippen LogP contribution < -0.4 is 10.6 Å². The van der Waals surface area contributed by atoms with E-state index in [9.17, 15) is 9.59 Å². The lowest BCUT2D eigenvalue weighted by molar-refractivity contribution is -0.139. The summed E-state index contributed by atoms with van der Waals surface area (Å²) in [5, 5.41) is 14.2. The molecular formula is C15H20N2O3. The summed E-state index contributed by atoms with van der Waals surface area (Å²) >= 11 is 0. The molecule has 0 spiro atoms. The van der Waals surface area contributed by atoms with Gasteiger partial charge in [-0.15, -0.1) is 6.58 Å². The number of benzene rings is 1. The number of carboxylic acid groups (broad SMARTS) is 1. The van der Waals surface area contributed by atoms with Crippen LogP contribution in [-0.4, -0.2) is 29.7 Å². The number of nitrogens with one attached hydrogen (secondary N) is 2. The van der Waals surface area contributed by atoms with Crippen molar-refractivity contribution in [2.24, 2.45) is 0 Å². The molecule has 1 rings (SSSR count). The maximum atomic E-state index is 11.5. The molecule has 0 bridgehead atoms. The van der Waals surface area contributed by atoms with Gasteiger partial charge in [0.15, 0.2) is 0 Å². The molecule has 2 amide bonds. The highest BCUT2D eigenvalue weighted by atomic mass is 16.4. The molecule has 0 saturated heterocycles. The number of urea groups is 1. The molecule has 1 unspecified atom stereocenters. The lowest BCUT2D eigenvalue weighted by atomic mass is 10.1. The zero-order valence-electron chi connectivity index (χ0n) is 11.3. The Balaban J connectivity index is 2.42. The molecule has 1 aromatic carbocycles. The van der Waals surface area contributed by atoms with Gasteiger partial charge in [-0.3, -0.25) is 0 Å². The molecule has 1 aromatic rings. The molecule has 0 saturated carbocycles. The number of carbonyl (C=O) groups excluding carboxylic acids is 1. The van der Waals surface area contributed by atoms with Gasteiger partial charge in [-0.2, -0.15) is 0 Å². The molecule has 5 heteroatoms. The molecule has 3 N–H and O–H groups in total. The van der Waals surface area contributed by atoms with Crippen LogP contribution in [0.5, 0.6) is 0 Å². The first-order valence-electron chi connectivity index (χ1n) is 6.55. The monoisotopic (exact) mass is 276 g/mol. The average molecular weight is 276 g/mol. The lowest BCUT2D eigenvalue weighted by Gasteiger charge is -2.15. The van der Waals surface area contributed by atoms with Gasteiger partial charge in [-0.05, 0) is 24.8 Å². The SMILES string of the molecule is C=CCCNC(=O)NC(CCc1ccccc1)C(=O)O. The van der Waals surface area contributed by atoms with Crippen LogP contribution >= 0.6 is 0 Å². The Morgan fingerprint density at radius 2 is 2.00 bits per heavy atom. The smallest absolute Gasteiger partial charge is 0.326 e. The number of amides is 2. The van der Waals surface area contributed by atoms with E-state index in [2.05, 4.69) is 17.2 Å². The minimum absolute atomic E-state index is 0.355. The molecule has 0 fully saturated rings. The fourth-order valence-corrected chi connectivity index (χ4v) is 1.71. The summed E-state index contributed by atoms with van der Waals surface area (Å²) in [5.41, 5.74) is 1.05. The Morgan fingerprint density at radius 3 is 2.60 bits per heavy atom. The van der Waals surface area contributed by atoms with Gasteiger partial charge in [-0.25, -0.2) is 9.59 Å². The summed E-state index contributed by atoms with van der Waals surface area (Å²) in [7, 11) is 0. The van der Waals surface area contributed by atoms with Crippen molar-refractivity contribution in [3.05, 3.63) is 48.6 Å². The van der Waals surface area contributed by atoms with Gasteiger partial charge < -0.3 is 15.7 Å². The summed E-state index contributed by atoms with van der Waals surface area (Å²) < 4.78 is 0. The van der Waals surface area contributed by atoms with E-state index in [4.69, 9.17) is 5.11 Å². The van der Waals surface area contributed by atoms with Crippen molar-refractivity contribution in [3.8, 4) is 0 Å².